The maximum Gasteiger partial charge on any atom is 0.340 e. The Kier molecular flexibility index (Phi) is 7.16. The quantitative estimate of drug-likeness (QED) is 0.437. The lowest BCUT2D eigenvalue weighted by Crippen LogP contribution is -2.44. The van der Waals surface area contributed by atoms with Crippen LogP contribution in [0.25, 0.3) is 10.9 Å². The van der Waals surface area contributed by atoms with Crippen molar-refractivity contribution >= 4 is 32.8 Å². The SMILES string of the molecule is CCOC(=O)c1c(CN2CCN(C)CC2)n(Cc2ccccc2)c2cc(Br)c3c(c12)CN(C)CO3. The van der Waals surface area contributed by atoms with Crippen LogP contribution in [0.2, 0.25) is 0 Å². The zero-order valence-corrected chi connectivity index (χ0v) is 22.3. The fourth-order valence-electron chi connectivity index (χ4n) is 5.14. The first kappa shape index (κ1) is 24.3. The normalized spacial score (nSPS) is 17.4. The average molecular weight is 541 g/mol. The highest BCUT2D eigenvalue weighted by Gasteiger charge is 2.31. The summed E-state index contributed by atoms with van der Waals surface area (Å²) in [7, 11) is 4.19. The van der Waals surface area contributed by atoms with E-state index >= 15 is 0 Å². The van der Waals surface area contributed by atoms with E-state index in [-0.39, 0.29) is 5.97 Å². The number of carbonyl (C=O) groups is 1. The molecule has 8 heteroatoms. The molecule has 0 N–H and O–H groups in total. The van der Waals surface area contributed by atoms with Crippen LogP contribution in [0.4, 0.5) is 0 Å². The van der Waals surface area contributed by atoms with Crippen LogP contribution in [0.1, 0.15) is 34.1 Å². The standard InChI is InChI=1S/C27H33BrN4O3/c1-4-34-27(33)25-23(17-31-12-10-29(2)11-13-31)32(15-19-8-6-5-7-9-19)22-14-21(28)26-20(24(22)25)16-30(3)18-35-26/h5-9,14H,4,10-13,15-18H2,1-3H3. The van der Waals surface area contributed by atoms with Crippen molar-refractivity contribution in [2.45, 2.75) is 26.6 Å². The lowest BCUT2D eigenvalue weighted by molar-refractivity contribution is 0.0524. The highest BCUT2D eigenvalue weighted by atomic mass is 79.9. The average Bonchev–Trinajstić information content (AvgIpc) is 3.14. The fraction of sp³-hybridized carbons (Fsp3) is 0.444. The van der Waals surface area contributed by atoms with E-state index in [4.69, 9.17) is 9.47 Å². The van der Waals surface area contributed by atoms with Crippen LogP contribution in [0, 0.1) is 0 Å². The van der Waals surface area contributed by atoms with Crippen LogP contribution < -0.4 is 4.74 Å². The Morgan fingerprint density at radius 3 is 2.51 bits per heavy atom. The van der Waals surface area contributed by atoms with Gasteiger partial charge in [0.25, 0.3) is 0 Å². The van der Waals surface area contributed by atoms with Gasteiger partial charge in [0.2, 0.25) is 0 Å². The van der Waals surface area contributed by atoms with Crippen molar-refractivity contribution in [2.75, 3.05) is 53.6 Å². The van der Waals surface area contributed by atoms with E-state index in [1.807, 2.05) is 20.0 Å². The minimum atomic E-state index is -0.258. The zero-order chi connectivity index (χ0) is 24.5. The van der Waals surface area contributed by atoms with Gasteiger partial charge in [-0.05, 0) is 48.6 Å². The van der Waals surface area contributed by atoms with E-state index in [0.29, 0.717) is 38.5 Å². The number of esters is 1. The van der Waals surface area contributed by atoms with Gasteiger partial charge in [0, 0.05) is 62.5 Å². The molecule has 1 saturated heterocycles. The molecule has 1 aromatic heterocycles. The lowest BCUT2D eigenvalue weighted by atomic mass is 10.0. The maximum atomic E-state index is 13.6. The van der Waals surface area contributed by atoms with Crippen LogP contribution >= 0.6 is 15.9 Å². The molecular formula is C27H33BrN4O3. The Balaban J connectivity index is 1.74. The van der Waals surface area contributed by atoms with Gasteiger partial charge >= 0.3 is 5.97 Å². The molecule has 0 radical (unpaired) electrons. The predicted molar refractivity (Wildman–Crippen MR) is 141 cm³/mol. The molecule has 186 valence electrons. The summed E-state index contributed by atoms with van der Waals surface area (Å²) in [5.74, 6) is 0.565. The number of halogens is 1. The van der Waals surface area contributed by atoms with Gasteiger partial charge in [-0.25, -0.2) is 4.79 Å². The second-order valence-corrected chi connectivity index (χ2v) is 10.4. The first-order chi connectivity index (χ1) is 17.0. The summed E-state index contributed by atoms with van der Waals surface area (Å²) in [6, 6.07) is 12.5. The molecule has 1 fully saturated rings. The van der Waals surface area contributed by atoms with Gasteiger partial charge in [0.15, 0.2) is 0 Å². The Bertz CT molecular complexity index is 1220. The van der Waals surface area contributed by atoms with E-state index in [1.165, 1.54) is 5.56 Å². The van der Waals surface area contributed by atoms with Crippen molar-refractivity contribution in [2.24, 2.45) is 0 Å². The second-order valence-electron chi connectivity index (χ2n) is 9.54. The Morgan fingerprint density at radius 2 is 1.80 bits per heavy atom. The van der Waals surface area contributed by atoms with Crippen LogP contribution in [0.5, 0.6) is 5.75 Å². The predicted octanol–water partition coefficient (Wildman–Crippen LogP) is 4.16. The smallest absolute Gasteiger partial charge is 0.340 e. The summed E-state index contributed by atoms with van der Waals surface area (Å²) in [6.07, 6.45) is 0. The van der Waals surface area contributed by atoms with Gasteiger partial charge < -0.3 is 18.9 Å². The topological polar surface area (TPSA) is 50.2 Å². The first-order valence-electron chi connectivity index (χ1n) is 12.3. The molecule has 3 heterocycles. The van der Waals surface area contributed by atoms with Crippen LogP contribution in [0.15, 0.2) is 40.9 Å². The first-order valence-corrected chi connectivity index (χ1v) is 13.0. The number of benzene rings is 2. The molecule has 0 unspecified atom stereocenters. The molecule has 0 bridgehead atoms. The van der Waals surface area contributed by atoms with Gasteiger partial charge in [0.1, 0.15) is 12.5 Å². The number of piperazine rings is 1. The van der Waals surface area contributed by atoms with Crippen molar-refractivity contribution in [3.63, 3.8) is 0 Å². The lowest BCUT2D eigenvalue weighted by Gasteiger charge is -2.32. The molecule has 2 aliphatic rings. The summed E-state index contributed by atoms with van der Waals surface area (Å²) in [4.78, 5) is 20.5. The molecule has 2 aromatic carbocycles. The number of nitrogens with zero attached hydrogens (tertiary/aromatic N) is 4. The van der Waals surface area contributed by atoms with E-state index in [1.54, 1.807) is 0 Å². The molecule has 5 rings (SSSR count). The van der Waals surface area contributed by atoms with Gasteiger partial charge in [-0.15, -0.1) is 0 Å². The second kappa shape index (κ2) is 10.3. The van der Waals surface area contributed by atoms with Crippen LogP contribution in [-0.4, -0.2) is 78.8 Å². The third-order valence-corrected chi connectivity index (χ3v) is 7.55. The number of ether oxygens (including phenoxy) is 2. The van der Waals surface area contributed by atoms with E-state index in [0.717, 1.165) is 58.6 Å². The van der Waals surface area contributed by atoms with E-state index < -0.39 is 0 Å². The Morgan fingerprint density at radius 1 is 1.06 bits per heavy atom. The summed E-state index contributed by atoms with van der Waals surface area (Å²) in [5, 5.41) is 0.952. The molecule has 2 aliphatic heterocycles. The summed E-state index contributed by atoms with van der Waals surface area (Å²) in [5.41, 5.74) is 4.96. The highest BCUT2D eigenvalue weighted by molar-refractivity contribution is 9.10. The number of fused-ring (bicyclic) bond motifs is 3. The molecule has 0 aliphatic carbocycles. The molecule has 0 spiro atoms. The summed E-state index contributed by atoms with van der Waals surface area (Å²) < 4.78 is 15.0. The number of hydrogen-bond donors (Lipinski definition) is 0. The number of rotatable bonds is 6. The van der Waals surface area contributed by atoms with Gasteiger partial charge in [-0.2, -0.15) is 0 Å². The van der Waals surface area contributed by atoms with Gasteiger partial charge in [0.05, 0.1) is 22.2 Å². The number of carbonyl (C=O) groups excluding carboxylic acids is 1. The van der Waals surface area contributed by atoms with Crippen LogP contribution in [0.3, 0.4) is 0 Å². The Hall–Kier alpha value is -2.39. The Labute approximate surface area is 215 Å². The maximum absolute atomic E-state index is 13.6. The fourth-order valence-corrected chi connectivity index (χ4v) is 5.71. The number of hydrogen-bond acceptors (Lipinski definition) is 6. The van der Waals surface area contributed by atoms with E-state index in [9.17, 15) is 4.79 Å². The molecule has 0 saturated carbocycles. The summed E-state index contributed by atoms with van der Waals surface area (Å²) >= 11 is 3.76. The monoisotopic (exact) mass is 540 g/mol. The third kappa shape index (κ3) is 4.85. The molecule has 0 amide bonds. The van der Waals surface area contributed by atoms with Crippen molar-refractivity contribution in [1.82, 2.24) is 19.3 Å². The third-order valence-electron chi connectivity index (χ3n) is 6.96. The largest absolute Gasteiger partial charge is 0.477 e. The minimum Gasteiger partial charge on any atom is -0.477 e. The number of aromatic nitrogens is 1. The van der Waals surface area contributed by atoms with E-state index in [2.05, 4.69) is 72.6 Å². The molecule has 0 atom stereocenters. The van der Waals surface area contributed by atoms with Crippen molar-refractivity contribution < 1.29 is 14.3 Å². The van der Waals surface area contributed by atoms with Crippen molar-refractivity contribution in [1.29, 1.82) is 0 Å². The zero-order valence-electron chi connectivity index (χ0n) is 20.7. The van der Waals surface area contributed by atoms with Crippen molar-refractivity contribution in [3.8, 4) is 5.75 Å². The molecule has 35 heavy (non-hydrogen) atoms. The van der Waals surface area contributed by atoms with Crippen LogP contribution in [-0.2, 0) is 24.4 Å². The molecule has 3 aromatic rings. The molecule has 7 nitrogen and oxygen atoms in total. The summed E-state index contributed by atoms with van der Waals surface area (Å²) in [6.45, 7) is 8.80. The molecular weight excluding hydrogens is 508 g/mol. The number of likely N-dealkylation sites (N-methyl/N-ethyl adjacent to an activating group) is 1. The van der Waals surface area contributed by atoms with Gasteiger partial charge in [-0.3, -0.25) is 9.80 Å². The minimum absolute atomic E-state index is 0.258. The highest BCUT2D eigenvalue weighted by Crippen LogP contribution is 2.43. The van der Waals surface area contributed by atoms with Crippen molar-refractivity contribution in [3.05, 3.63) is 63.3 Å². The van der Waals surface area contributed by atoms with Gasteiger partial charge in [-0.1, -0.05) is 30.3 Å².